The van der Waals surface area contributed by atoms with E-state index in [2.05, 4.69) is 0 Å². The van der Waals surface area contributed by atoms with Crippen molar-refractivity contribution in [2.45, 2.75) is 61.0 Å². The van der Waals surface area contributed by atoms with Crippen LogP contribution in [0.15, 0.2) is 21.9 Å². The zero-order valence-corrected chi connectivity index (χ0v) is 15.3. The van der Waals surface area contributed by atoms with E-state index in [1.54, 1.807) is 0 Å². The first-order valence-electron chi connectivity index (χ1n) is 8.85. The molecule has 0 aliphatic carbocycles. The number of aliphatic hydroxyl groups is 7. The lowest BCUT2D eigenvalue weighted by molar-refractivity contribution is -0.311. The lowest BCUT2D eigenvalue weighted by Crippen LogP contribution is -2.73. The van der Waals surface area contributed by atoms with Crippen molar-refractivity contribution in [3.63, 3.8) is 0 Å². The van der Waals surface area contributed by atoms with Gasteiger partial charge in [0.2, 0.25) is 0 Å². The van der Waals surface area contributed by atoms with Gasteiger partial charge in [0, 0.05) is 12.3 Å². The van der Waals surface area contributed by atoms with Crippen LogP contribution in [0.3, 0.4) is 0 Å². The second-order valence-electron chi connectivity index (χ2n) is 7.32. The molecule has 0 spiro atoms. The summed E-state index contributed by atoms with van der Waals surface area (Å²) in [5, 5.41) is 71.7. The number of nitrogens with zero attached hydrogens (tertiary/aromatic N) is 1. The molecule has 13 nitrogen and oxygen atoms in total. The standard InChI is InChI=1S/C16H24N2O11/c1-15(18-3-2-8(21)17-14(18)26)16(27,12(25)7(5-20)29-15)13-11(24)10(23)9(22)6(4-19)28-13/h2-3,6-7,9-13,19-20,22-25,27H,4-5H2,1H3,(H,17,21,26)/t6-,7-,9-,10+,11+,12-,13?,15-,16+/m1/s1. The number of hydrogen-bond donors (Lipinski definition) is 8. The first-order chi connectivity index (χ1) is 13.5. The monoisotopic (exact) mass is 420 g/mol. The molecule has 2 saturated heterocycles. The van der Waals surface area contributed by atoms with Gasteiger partial charge in [-0.2, -0.15) is 0 Å². The summed E-state index contributed by atoms with van der Waals surface area (Å²) < 4.78 is 11.7. The van der Waals surface area contributed by atoms with Crippen LogP contribution in [0.4, 0.5) is 0 Å². The van der Waals surface area contributed by atoms with Crippen LogP contribution < -0.4 is 11.2 Å². The Hall–Kier alpha value is -1.68. The maximum atomic E-state index is 12.4. The van der Waals surface area contributed by atoms with Crippen molar-refractivity contribution in [3.05, 3.63) is 33.1 Å². The van der Waals surface area contributed by atoms with Crippen LogP contribution in [0, 0.1) is 0 Å². The number of hydrogen-bond acceptors (Lipinski definition) is 11. The van der Waals surface area contributed by atoms with Gasteiger partial charge in [-0.05, 0) is 6.92 Å². The van der Waals surface area contributed by atoms with E-state index < -0.39 is 78.5 Å². The van der Waals surface area contributed by atoms with Gasteiger partial charge in [-0.3, -0.25) is 14.3 Å². The third kappa shape index (κ3) is 3.06. The topological polar surface area (TPSA) is 215 Å². The molecule has 13 heteroatoms. The molecule has 0 saturated carbocycles. The molecule has 1 aromatic heterocycles. The van der Waals surface area contributed by atoms with Crippen LogP contribution in [0.2, 0.25) is 0 Å². The Kier molecular flexibility index (Phi) is 5.72. The van der Waals surface area contributed by atoms with Gasteiger partial charge in [0.15, 0.2) is 11.3 Å². The van der Waals surface area contributed by atoms with Gasteiger partial charge < -0.3 is 45.2 Å². The predicted octanol–water partition coefficient (Wildman–Crippen LogP) is -5.47. The molecular formula is C16H24N2O11. The first-order valence-corrected chi connectivity index (χ1v) is 8.85. The summed E-state index contributed by atoms with van der Waals surface area (Å²) in [6.07, 6.45) is -11.3. The normalized spacial score (nSPS) is 45.4. The number of ether oxygens (including phenoxy) is 2. The second-order valence-corrected chi connectivity index (χ2v) is 7.32. The Bertz CT molecular complexity index is 856. The van der Waals surface area contributed by atoms with Crippen molar-refractivity contribution < 1.29 is 45.2 Å². The number of nitrogens with one attached hydrogen (secondary N) is 1. The van der Waals surface area contributed by atoms with E-state index in [1.807, 2.05) is 4.98 Å². The van der Waals surface area contributed by atoms with E-state index in [1.165, 1.54) is 0 Å². The summed E-state index contributed by atoms with van der Waals surface area (Å²) in [7, 11) is 0. The number of aromatic nitrogens is 2. The first kappa shape index (κ1) is 22.0. The van der Waals surface area contributed by atoms with E-state index in [9.17, 15) is 45.3 Å². The molecule has 1 unspecified atom stereocenters. The van der Waals surface area contributed by atoms with Crippen molar-refractivity contribution in [3.8, 4) is 0 Å². The molecule has 2 aliphatic heterocycles. The van der Waals surface area contributed by atoms with Crippen molar-refractivity contribution in [1.82, 2.24) is 9.55 Å². The average Bonchev–Trinajstić information content (AvgIpc) is 2.88. The highest BCUT2D eigenvalue weighted by molar-refractivity contribution is 5.17. The lowest BCUT2D eigenvalue weighted by atomic mass is 9.75. The van der Waals surface area contributed by atoms with E-state index >= 15 is 0 Å². The molecule has 8 N–H and O–H groups in total. The fraction of sp³-hybridized carbons (Fsp3) is 0.750. The smallest absolute Gasteiger partial charge is 0.330 e. The molecule has 2 fully saturated rings. The molecule has 29 heavy (non-hydrogen) atoms. The van der Waals surface area contributed by atoms with Crippen molar-refractivity contribution in [1.29, 1.82) is 0 Å². The van der Waals surface area contributed by atoms with Gasteiger partial charge in [0.05, 0.1) is 13.2 Å². The molecule has 1 aromatic rings. The van der Waals surface area contributed by atoms with Crippen LogP contribution in [-0.2, 0) is 15.2 Å². The van der Waals surface area contributed by atoms with Crippen molar-refractivity contribution in [2.75, 3.05) is 13.2 Å². The third-order valence-electron chi connectivity index (χ3n) is 5.72. The number of aromatic amines is 1. The fourth-order valence-corrected chi connectivity index (χ4v) is 4.05. The Morgan fingerprint density at radius 1 is 1.07 bits per heavy atom. The minimum atomic E-state index is -2.68. The predicted molar refractivity (Wildman–Crippen MR) is 91.7 cm³/mol. The molecule has 3 rings (SSSR count). The summed E-state index contributed by atoms with van der Waals surface area (Å²) in [5.74, 6) is 0. The molecule has 3 heterocycles. The van der Waals surface area contributed by atoms with Crippen molar-refractivity contribution in [2.24, 2.45) is 0 Å². The molecule has 0 aromatic carbocycles. The van der Waals surface area contributed by atoms with E-state index in [-0.39, 0.29) is 0 Å². The summed E-state index contributed by atoms with van der Waals surface area (Å²) in [6.45, 7) is -0.450. The average molecular weight is 420 g/mol. The Morgan fingerprint density at radius 2 is 1.69 bits per heavy atom. The molecule has 0 bridgehead atoms. The van der Waals surface area contributed by atoms with Gasteiger partial charge in [0.1, 0.15) is 42.7 Å². The maximum absolute atomic E-state index is 12.4. The fourth-order valence-electron chi connectivity index (χ4n) is 4.05. The molecule has 0 amide bonds. The Labute approximate surface area is 163 Å². The summed E-state index contributed by atoms with van der Waals surface area (Å²) in [6, 6.07) is 0.947. The van der Waals surface area contributed by atoms with Crippen molar-refractivity contribution >= 4 is 0 Å². The largest absolute Gasteiger partial charge is 0.394 e. The van der Waals surface area contributed by atoms with Crippen LogP contribution >= 0.6 is 0 Å². The number of aliphatic hydroxyl groups excluding tert-OH is 6. The van der Waals surface area contributed by atoms with Gasteiger partial charge in [-0.15, -0.1) is 0 Å². The number of rotatable bonds is 4. The summed E-state index contributed by atoms with van der Waals surface area (Å²) >= 11 is 0. The van der Waals surface area contributed by atoms with Crippen LogP contribution in [0.25, 0.3) is 0 Å². The lowest BCUT2D eigenvalue weighted by Gasteiger charge is -2.50. The minimum absolute atomic E-state index is 0.731. The van der Waals surface area contributed by atoms with Gasteiger partial charge in [-0.25, -0.2) is 4.79 Å². The van der Waals surface area contributed by atoms with E-state index in [0.29, 0.717) is 0 Å². The number of H-pyrrole nitrogens is 1. The molecular weight excluding hydrogens is 396 g/mol. The second kappa shape index (κ2) is 7.54. The Balaban J connectivity index is 2.18. The highest BCUT2D eigenvalue weighted by Crippen LogP contribution is 2.48. The van der Waals surface area contributed by atoms with E-state index in [4.69, 9.17) is 9.47 Å². The molecule has 164 valence electrons. The SMILES string of the molecule is C[C@@]1(n2ccc(=O)[nH]c2=O)O[C@H](CO)[C@@H](O)[C@]1(O)C1O[C@H](CO)[C@@H](O)[C@H](O)[C@@H]1O. The third-order valence-corrected chi connectivity index (χ3v) is 5.72. The zero-order valence-electron chi connectivity index (χ0n) is 15.3. The summed E-state index contributed by atoms with van der Waals surface area (Å²) in [5.41, 5.74) is -6.68. The molecule has 0 radical (unpaired) electrons. The van der Waals surface area contributed by atoms with E-state index in [0.717, 1.165) is 23.8 Å². The minimum Gasteiger partial charge on any atom is -0.394 e. The maximum Gasteiger partial charge on any atom is 0.330 e. The molecule has 2 aliphatic rings. The van der Waals surface area contributed by atoms with Gasteiger partial charge >= 0.3 is 5.69 Å². The van der Waals surface area contributed by atoms with Gasteiger partial charge in [-0.1, -0.05) is 0 Å². The highest BCUT2D eigenvalue weighted by Gasteiger charge is 2.71. The quantitative estimate of drug-likeness (QED) is 0.230. The van der Waals surface area contributed by atoms with Crippen LogP contribution in [0.5, 0.6) is 0 Å². The van der Waals surface area contributed by atoms with Crippen LogP contribution in [0.1, 0.15) is 6.92 Å². The summed E-state index contributed by atoms with van der Waals surface area (Å²) in [4.78, 5) is 25.7. The zero-order chi connectivity index (χ0) is 21.7. The molecule has 9 atom stereocenters. The Morgan fingerprint density at radius 3 is 2.24 bits per heavy atom. The van der Waals surface area contributed by atoms with Crippen LogP contribution in [-0.4, -0.2) is 107 Å². The highest BCUT2D eigenvalue weighted by atomic mass is 16.6. The van der Waals surface area contributed by atoms with Gasteiger partial charge in [0.25, 0.3) is 5.56 Å².